The third-order valence-corrected chi connectivity index (χ3v) is 9.14. The van der Waals surface area contributed by atoms with Gasteiger partial charge in [0.25, 0.3) is 0 Å². The van der Waals surface area contributed by atoms with Gasteiger partial charge in [-0.25, -0.2) is 4.79 Å². The van der Waals surface area contributed by atoms with Gasteiger partial charge in [0.2, 0.25) is 11.6 Å². The number of piperidine rings is 1. The molecule has 2 aliphatic heterocycles. The molecule has 42 heavy (non-hydrogen) atoms. The first-order valence-electron chi connectivity index (χ1n) is 14.0. The molecule has 1 N–H and O–H groups in total. The zero-order valence-corrected chi connectivity index (χ0v) is 23.8. The number of ketones is 2. The zero-order chi connectivity index (χ0) is 29.1. The molecule has 1 spiro atoms. The molecule has 0 unspecified atom stereocenters. The number of likely N-dealkylation sites (tertiary alicyclic amines) is 1. The molecular weight excluding hydrogens is 554 g/mol. The molecule has 0 amide bonds. The minimum atomic E-state index is -0.695. The number of allylic oxidation sites excluding steroid dienone is 1. The molecule has 3 aliphatic rings. The van der Waals surface area contributed by atoms with Gasteiger partial charge in [0.1, 0.15) is 41.3 Å². The predicted octanol–water partition coefficient (Wildman–Crippen LogP) is 4.52. The first-order valence-corrected chi connectivity index (χ1v) is 15.0. The fourth-order valence-corrected chi connectivity index (χ4v) is 6.70. The van der Waals surface area contributed by atoms with Crippen LogP contribution in [0.5, 0.6) is 5.75 Å². The lowest BCUT2D eigenvalue weighted by Gasteiger charge is -2.45. The van der Waals surface area contributed by atoms with E-state index in [0.29, 0.717) is 45.4 Å². The molecule has 2 heterocycles. The molecular formula is C33H31NO7S. The summed E-state index contributed by atoms with van der Waals surface area (Å²) >= 11 is 1.42. The highest BCUT2D eigenvalue weighted by atomic mass is 32.2. The Kier molecular flexibility index (Phi) is 8.15. The van der Waals surface area contributed by atoms with Gasteiger partial charge in [0, 0.05) is 49.4 Å². The van der Waals surface area contributed by atoms with Crippen molar-refractivity contribution in [2.75, 3.05) is 32.0 Å². The first kappa shape index (κ1) is 28.2. The fraction of sp³-hybridized carbons (Fsp3) is 0.303. The van der Waals surface area contributed by atoms with Gasteiger partial charge in [0.05, 0.1) is 5.56 Å². The van der Waals surface area contributed by atoms with Crippen LogP contribution in [0.4, 0.5) is 0 Å². The second-order valence-electron chi connectivity index (χ2n) is 10.8. The van der Waals surface area contributed by atoms with Gasteiger partial charge in [-0.15, -0.1) is 11.8 Å². The Morgan fingerprint density at radius 3 is 2.36 bits per heavy atom. The maximum atomic E-state index is 12.7. The van der Waals surface area contributed by atoms with E-state index in [9.17, 15) is 19.5 Å². The largest absolute Gasteiger partial charge is 0.491 e. The molecule has 3 aromatic rings. The van der Waals surface area contributed by atoms with E-state index in [0.717, 1.165) is 31.5 Å². The molecule has 8 nitrogen and oxygen atoms in total. The third kappa shape index (κ3) is 5.99. The average Bonchev–Trinajstić information content (AvgIpc) is 3.03. The quantitative estimate of drug-likeness (QED) is 0.302. The summed E-state index contributed by atoms with van der Waals surface area (Å²) < 4.78 is 17.7. The second kappa shape index (κ2) is 12.1. The summed E-state index contributed by atoms with van der Waals surface area (Å²) in [7, 11) is 0. The Balaban J connectivity index is 0.968. The van der Waals surface area contributed by atoms with E-state index in [1.807, 2.05) is 42.5 Å². The van der Waals surface area contributed by atoms with Crippen molar-refractivity contribution < 1.29 is 33.7 Å². The number of β-amino-alcohol motifs (C(OH)–C–C–N with tert-alkyl or cyclic N) is 1. The van der Waals surface area contributed by atoms with E-state index in [2.05, 4.69) is 4.90 Å². The topological polar surface area (TPSA) is 102 Å². The Labute approximate surface area is 248 Å². The van der Waals surface area contributed by atoms with Gasteiger partial charge in [0.15, 0.2) is 0 Å². The van der Waals surface area contributed by atoms with E-state index < -0.39 is 29.2 Å². The molecule has 0 radical (unpaired) electrons. The number of thioether (sulfide) groups is 1. The Hall–Kier alpha value is -3.92. The van der Waals surface area contributed by atoms with Crippen LogP contribution < -0.4 is 4.74 Å². The van der Waals surface area contributed by atoms with Crippen molar-refractivity contribution >= 4 is 35.1 Å². The number of hydrogen-bond acceptors (Lipinski definition) is 9. The van der Waals surface area contributed by atoms with Gasteiger partial charge in [-0.2, -0.15) is 0 Å². The van der Waals surface area contributed by atoms with Gasteiger partial charge < -0.3 is 24.2 Å². The fourth-order valence-electron chi connectivity index (χ4n) is 5.44. The number of carbonyl (C=O) groups is 3. The van der Waals surface area contributed by atoms with E-state index in [4.69, 9.17) is 14.2 Å². The lowest BCUT2D eigenvalue weighted by Crippen LogP contribution is -2.51. The molecule has 3 aromatic carbocycles. The smallest absolute Gasteiger partial charge is 0.338 e. The normalized spacial score (nSPS) is 18.6. The molecule has 9 heteroatoms. The lowest BCUT2D eigenvalue weighted by atomic mass is 9.90. The van der Waals surface area contributed by atoms with Crippen molar-refractivity contribution in [1.82, 2.24) is 4.90 Å². The number of fused-ring (bicyclic) bond motifs is 2. The highest BCUT2D eigenvalue weighted by molar-refractivity contribution is 8.04. The molecule has 1 aliphatic carbocycles. The van der Waals surface area contributed by atoms with E-state index in [1.165, 1.54) is 11.8 Å². The average molecular weight is 586 g/mol. The predicted molar refractivity (Wildman–Crippen MR) is 158 cm³/mol. The Morgan fingerprint density at radius 2 is 1.62 bits per heavy atom. The number of benzene rings is 3. The minimum Gasteiger partial charge on any atom is -0.491 e. The van der Waals surface area contributed by atoms with Crippen LogP contribution in [-0.2, 0) is 20.9 Å². The van der Waals surface area contributed by atoms with Crippen molar-refractivity contribution in [2.45, 2.75) is 31.2 Å². The molecule has 216 valence electrons. The number of Topliss-reactive ketones (excluding diaryl/α,β-unsaturated/α-hetero) is 2. The SMILES string of the molecule is O=C1C(=O)c2ccccc2C2=C1SCC1(CCN(C[C@H](O)COc3ccc(C(=O)OCc4ccccc4)cc3)CC1)O2. The van der Waals surface area contributed by atoms with Gasteiger partial charge in [-0.3, -0.25) is 9.59 Å². The second-order valence-corrected chi connectivity index (χ2v) is 11.8. The van der Waals surface area contributed by atoms with Crippen LogP contribution in [0.3, 0.4) is 0 Å². The Bertz CT molecular complexity index is 1510. The number of ether oxygens (including phenoxy) is 3. The third-order valence-electron chi connectivity index (χ3n) is 7.81. The summed E-state index contributed by atoms with van der Waals surface area (Å²) in [6.07, 6.45) is 0.798. The zero-order valence-electron chi connectivity index (χ0n) is 23.0. The molecule has 1 saturated heterocycles. The highest BCUT2D eigenvalue weighted by Gasteiger charge is 2.46. The maximum Gasteiger partial charge on any atom is 0.338 e. The number of aliphatic hydroxyl groups excluding tert-OH is 1. The van der Waals surface area contributed by atoms with Crippen LogP contribution in [-0.4, -0.2) is 71.2 Å². The van der Waals surface area contributed by atoms with Gasteiger partial charge in [-0.05, 0) is 29.8 Å². The summed E-state index contributed by atoms with van der Waals surface area (Å²) in [5, 5.41) is 10.7. The summed E-state index contributed by atoms with van der Waals surface area (Å²) in [6.45, 7) is 2.25. The molecule has 1 fully saturated rings. The van der Waals surface area contributed by atoms with Gasteiger partial charge >= 0.3 is 5.97 Å². The van der Waals surface area contributed by atoms with Crippen molar-refractivity contribution in [3.8, 4) is 5.75 Å². The van der Waals surface area contributed by atoms with Gasteiger partial charge in [-0.1, -0.05) is 54.6 Å². The first-order chi connectivity index (χ1) is 20.4. The van der Waals surface area contributed by atoms with Crippen LogP contribution in [0.1, 0.15) is 44.7 Å². The highest BCUT2D eigenvalue weighted by Crippen LogP contribution is 2.47. The monoisotopic (exact) mass is 585 g/mol. The van der Waals surface area contributed by atoms with Crippen LogP contribution in [0.2, 0.25) is 0 Å². The molecule has 6 rings (SSSR count). The number of aliphatic hydroxyl groups is 1. The van der Waals surface area contributed by atoms with Crippen molar-refractivity contribution in [3.63, 3.8) is 0 Å². The van der Waals surface area contributed by atoms with Crippen LogP contribution >= 0.6 is 11.8 Å². The van der Waals surface area contributed by atoms with Crippen molar-refractivity contribution in [3.05, 3.63) is 106 Å². The van der Waals surface area contributed by atoms with Crippen molar-refractivity contribution in [1.29, 1.82) is 0 Å². The molecule has 0 aromatic heterocycles. The summed E-state index contributed by atoms with van der Waals surface area (Å²) in [5.41, 5.74) is 2.02. The van der Waals surface area contributed by atoms with E-state index >= 15 is 0 Å². The summed E-state index contributed by atoms with van der Waals surface area (Å²) in [5.74, 6) is 0.338. The molecule has 0 bridgehead atoms. The maximum absolute atomic E-state index is 12.7. The number of carbonyl (C=O) groups excluding carboxylic acids is 3. The lowest BCUT2D eigenvalue weighted by molar-refractivity contribution is -0.111. The van der Waals surface area contributed by atoms with E-state index in [1.54, 1.807) is 36.4 Å². The number of nitrogens with zero attached hydrogens (tertiary/aromatic N) is 1. The van der Waals surface area contributed by atoms with Crippen LogP contribution in [0.15, 0.2) is 83.8 Å². The van der Waals surface area contributed by atoms with Crippen molar-refractivity contribution in [2.24, 2.45) is 0 Å². The number of hydrogen-bond donors (Lipinski definition) is 1. The Morgan fingerprint density at radius 1 is 0.929 bits per heavy atom. The standard InChI is InChI=1S/C33H31NO7S/c35-24(20-39-25-12-10-23(11-13-25)32(38)40-19-22-6-2-1-3-7-22)18-34-16-14-33(15-17-34)21-42-31-29(37)28(36)26-8-4-5-9-27(26)30(31)41-33/h1-13,24,35H,14-21H2/t24-/m0/s1. The summed E-state index contributed by atoms with van der Waals surface area (Å²) in [4.78, 5) is 40.1. The molecule has 1 atom stereocenters. The molecule has 0 saturated carbocycles. The number of rotatable bonds is 8. The van der Waals surface area contributed by atoms with Crippen LogP contribution in [0, 0.1) is 0 Å². The summed E-state index contributed by atoms with van der Waals surface area (Å²) in [6, 6.07) is 23.3. The van der Waals surface area contributed by atoms with E-state index in [-0.39, 0.29) is 13.2 Å². The van der Waals surface area contributed by atoms with Crippen LogP contribution in [0.25, 0.3) is 5.76 Å². The number of esters is 1. The minimum absolute atomic E-state index is 0.120.